The Labute approximate surface area is 224 Å². The lowest BCUT2D eigenvalue weighted by Crippen LogP contribution is -2.69. The summed E-state index contributed by atoms with van der Waals surface area (Å²) in [6.07, 6.45) is -11.2. The zero-order chi connectivity index (χ0) is 28.3. The molecule has 0 saturated carbocycles. The number of carbonyl (C=O) groups is 2. The average Bonchev–Trinajstić information content (AvgIpc) is 2.93. The first kappa shape index (κ1) is 29.3. The number of nitrogens with one attached hydrogen (secondary N) is 2. The van der Waals surface area contributed by atoms with Gasteiger partial charge in [0, 0.05) is 19.6 Å². The summed E-state index contributed by atoms with van der Waals surface area (Å²) < 4.78 is 22.3. The van der Waals surface area contributed by atoms with E-state index >= 15 is 0 Å². The first-order valence-electron chi connectivity index (χ1n) is 12.5. The van der Waals surface area contributed by atoms with Crippen LogP contribution in [0.15, 0.2) is 42.5 Å². The summed E-state index contributed by atoms with van der Waals surface area (Å²) in [5, 5.41) is 59.2. The van der Waals surface area contributed by atoms with E-state index in [4.69, 9.17) is 18.9 Å². The third-order valence-corrected chi connectivity index (χ3v) is 6.96. The molecule has 2 aliphatic heterocycles. The van der Waals surface area contributed by atoms with Crippen LogP contribution in [0.4, 0.5) is 0 Å². The van der Waals surface area contributed by atoms with Gasteiger partial charge in [0.05, 0.1) is 19.3 Å². The van der Waals surface area contributed by atoms with Crippen LogP contribution in [-0.2, 0) is 23.7 Å². The molecule has 0 aliphatic carbocycles. The monoisotopic (exact) mass is 550 g/mol. The van der Waals surface area contributed by atoms with Gasteiger partial charge in [0.1, 0.15) is 42.7 Å². The van der Waals surface area contributed by atoms with Crippen molar-refractivity contribution < 1.29 is 54.1 Å². The number of amides is 2. The van der Waals surface area contributed by atoms with Gasteiger partial charge in [-0.1, -0.05) is 36.4 Å². The molecule has 2 saturated heterocycles. The second-order valence-corrected chi connectivity index (χ2v) is 9.51. The second kappa shape index (κ2) is 12.6. The molecule has 0 bridgehead atoms. The minimum Gasteiger partial charge on any atom is -0.394 e. The van der Waals surface area contributed by atoms with E-state index in [0.29, 0.717) is 10.9 Å². The van der Waals surface area contributed by atoms with Crippen molar-refractivity contribution in [1.82, 2.24) is 10.6 Å². The number of methoxy groups -OCH3 is 1. The summed E-state index contributed by atoms with van der Waals surface area (Å²) in [5.41, 5.74) is 0.303. The lowest BCUT2D eigenvalue weighted by Gasteiger charge is -2.47. The van der Waals surface area contributed by atoms with E-state index < -0.39 is 86.3 Å². The molecule has 0 unspecified atom stereocenters. The van der Waals surface area contributed by atoms with Crippen LogP contribution in [0.5, 0.6) is 0 Å². The first-order chi connectivity index (χ1) is 18.7. The molecular formula is C26H34N2O11. The van der Waals surface area contributed by atoms with E-state index in [2.05, 4.69) is 10.6 Å². The van der Waals surface area contributed by atoms with Crippen LogP contribution in [0.3, 0.4) is 0 Å². The fourth-order valence-electron chi connectivity index (χ4n) is 5.00. The van der Waals surface area contributed by atoms with Crippen molar-refractivity contribution >= 4 is 22.6 Å². The maximum atomic E-state index is 13.3. The summed E-state index contributed by atoms with van der Waals surface area (Å²) in [6.45, 7) is -0.0653. The maximum absolute atomic E-state index is 13.3. The van der Waals surface area contributed by atoms with Crippen LogP contribution >= 0.6 is 0 Å². The van der Waals surface area contributed by atoms with E-state index in [1.165, 1.54) is 14.0 Å². The lowest BCUT2D eigenvalue weighted by atomic mass is 9.94. The highest BCUT2D eigenvalue weighted by molar-refractivity contribution is 6.07. The molecule has 2 amide bonds. The number of hydrogen-bond donors (Lipinski definition) is 7. The zero-order valence-corrected chi connectivity index (χ0v) is 21.4. The van der Waals surface area contributed by atoms with Crippen molar-refractivity contribution in [2.45, 2.75) is 68.2 Å². The third-order valence-electron chi connectivity index (χ3n) is 6.96. The second-order valence-electron chi connectivity index (χ2n) is 9.51. The number of hydrogen-bond acceptors (Lipinski definition) is 11. The molecule has 2 fully saturated rings. The van der Waals surface area contributed by atoms with Crippen LogP contribution in [0.25, 0.3) is 10.8 Å². The molecule has 214 valence electrons. The summed E-state index contributed by atoms with van der Waals surface area (Å²) in [5.74, 6) is -1.07. The molecule has 10 atom stereocenters. The number of rotatable bonds is 8. The average molecular weight is 551 g/mol. The fraction of sp³-hybridized carbons (Fsp3) is 0.538. The summed E-state index contributed by atoms with van der Waals surface area (Å²) in [7, 11) is 1.30. The van der Waals surface area contributed by atoms with Gasteiger partial charge in [0.2, 0.25) is 5.91 Å². The van der Waals surface area contributed by atoms with Crippen LogP contribution in [-0.4, -0.2) is 119 Å². The Bertz CT molecular complexity index is 1140. The highest BCUT2D eigenvalue weighted by Crippen LogP contribution is 2.30. The quantitative estimate of drug-likeness (QED) is 0.192. The maximum Gasteiger partial charge on any atom is 0.252 e. The molecule has 0 radical (unpaired) electrons. The smallest absolute Gasteiger partial charge is 0.252 e. The SMILES string of the molecule is CO[C@@H]1O[C@H](CO)[C@@H](O[C@@H]2O[C@H](CO)[C@H](O)[C@H](NC(=O)c3cccc4ccccc34)[C@H]2O)[C@H](O)[C@H]1NC(C)=O. The Kier molecular flexibility index (Phi) is 9.48. The molecule has 2 aromatic rings. The Morgan fingerprint density at radius 2 is 1.51 bits per heavy atom. The van der Waals surface area contributed by atoms with Gasteiger partial charge in [-0.3, -0.25) is 9.59 Å². The summed E-state index contributed by atoms with van der Waals surface area (Å²) in [4.78, 5) is 24.9. The minimum atomic E-state index is -1.67. The number of benzene rings is 2. The van der Waals surface area contributed by atoms with Gasteiger partial charge >= 0.3 is 0 Å². The largest absolute Gasteiger partial charge is 0.394 e. The van der Waals surface area contributed by atoms with Gasteiger partial charge in [-0.2, -0.15) is 0 Å². The number of aliphatic hydroxyl groups excluding tert-OH is 5. The standard InChI is InChI=1S/C26H34N2O11/c1-12(31)27-19-21(33)23(17(11-30)38-25(19)36-2)39-26-22(34)18(20(32)16(10-29)37-26)28-24(35)15-9-5-7-13-6-3-4-8-14(13)15/h3-9,16-23,25-26,29-30,32-34H,10-11H2,1-2H3,(H,27,31)(H,28,35)/t16-,17-,18+,19-,20+,21-,22-,23-,25-,26+/m1/s1. The molecule has 0 spiro atoms. The Balaban J connectivity index is 1.57. The van der Waals surface area contributed by atoms with E-state index in [1.807, 2.05) is 18.2 Å². The van der Waals surface area contributed by atoms with Gasteiger partial charge < -0.3 is 55.1 Å². The number of aliphatic hydroxyl groups is 5. The van der Waals surface area contributed by atoms with E-state index in [1.54, 1.807) is 24.3 Å². The Hall–Kier alpha value is -2.72. The molecular weight excluding hydrogens is 516 g/mol. The van der Waals surface area contributed by atoms with Crippen LogP contribution in [0.2, 0.25) is 0 Å². The molecule has 13 nitrogen and oxygen atoms in total. The third kappa shape index (κ3) is 6.06. The van der Waals surface area contributed by atoms with Crippen LogP contribution < -0.4 is 10.6 Å². The van der Waals surface area contributed by atoms with E-state index in [9.17, 15) is 35.1 Å². The summed E-state index contributed by atoms with van der Waals surface area (Å²) >= 11 is 0. The van der Waals surface area contributed by atoms with E-state index in [-0.39, 0.29) is 0 Å². The van der Waals surface area contributed by atoms with Crippen molar-refractivity contribution in [3.8, 4) is 0 Å². The molecule has 13 heteroatoms. The van der Waals surface area contributed by atoms with Gasteiger partial charge in [-0.15, -0.1) is 0 Å². The normalized spacial score (nSPS) is 34.9. The number of ether oxygens (including phenoxy) is 4. The Morgan fingerprint density at radius 1 is 0.846 bits per heavy atom. The topological polar surface area (TPSA) is 196 Å². The van der Waals surface area contributed by atoms with Crippen molar-refractivity contribution in [1.29, 1.82) is 0 Å². The molecule has 0 aromatic heterocycles. The van der Waals surface area contributed by atoms with Crippen molar-refractivity contribution in [3.63, 3.8) is 0 Å². The van der Waals surface area contributed by atoms with Crippen molar-refractivity contribution in [2.24, 2.45) is 0 Å². The lowest BCUT2D eigenvalue weighted by molar-refractivity contribution is -0.336. The minimum absolute atomic E-state index is 0.303. The highest BCUT2D eigenvalue weighted by Gasteiger charge is 2.51. The fourth-order valence-corrected chi connectivity index (χ4v) is 5.00. The molecule has 2 aromatic carbocycles. The molecule has 39 heavy (non-hydrogen) atoms. The molecule has 2 heterocycles. The van der Waals surface area contributed by atoms with E-state index in [0.717, 1.165) is 5.39 Å². The predicted octanol–water partition coefficient (Wildman–Crippen LogP) is -2.01. The van der Waals surface area contributed by atoms with Crippen LogP contribution in [0.1, 0.15) is 17.3 Å². The Morgan fingerprint density at radius 3 is 2.18 bits per heavy atom. The van der Waals surface area contributed by atoms with Gasteiger partial charge in [0.25, 0.3) is 5.91 Å². The summed E-state index contributed by atoms with van der Waals surface area (Å²) in [6, 6.07) is 9.92. The first-order valence-corrected chi connectivity index (χ1v) is 12.5. The van der Waals surface area contributed by atoms with Gasteiger partial charge in [-0.05, 0) is 16.8 Å². The number of fused-ring (bicyclic) bond motifs is 1. The van der Waals surface area contributed by atoms with Gasteiger partial charge in [-0.25, -0.2) is 0 Å². The van der Waals surface area contributed by atoms with Crippen molar-refractivity contribution in [2.75, 3.05) is 20.3 Å². The molecule has 4 rings (SSSR count). The van der Waals surface area contributed by atoms with Crippen LogP contribution in [0, 0.1) is 0 Å². The predicted molar refractivity (Wildman–Crippen MR) is 134 cm³/mol. The molecule has 2 aliphatic rings. The van der Waals surface area contributed by atoms with Crippen molar-refractivity contribution in [3.05, 3.63) is 48.0 Å². The molecule has 7 N–H and O–H groups in total. The highest BCUT2D eigenvalue weighted by atomic mass is 16.7. The number of carbonyl (C=O) groups excluding carboxylic acids is 2. The van der Waals surface area contributed by atoms with Gasteiger partial charge in [0.15, 0.2) is 12.6 Å². The zero-order valence-electron chi connectivity index (χ0n) is 21.4.